The number of hydrogen-bond acceptors (Lipinski definition) is 3. The highest BCUT2D eigenvalue weighted by molar-refractivity contribution is 5.92. The number of rotatable bonds is 2. The van der Waals surface area contributed by atoms with Crippen LogP contribution in [0.5, 0.6) is 0 Å². The molecule has 1 aromatic carbocycles. The molecule has 0 spiro atoms. The van der Waals surface area contributed by atoms with Gasteiger partial charge >= 0.3 is 6.03 Å². The molecule has 0 saturated carbocycles. The Morgan fingerprint density at radius 1 is 0.962 bits per heavy atom. The van der Waals surface area contributed by atoms with Gasteiger partial charge in [0.1, 0.15) is 0 Å². The van der Waals surface area contributed by atoms with Crippen LogP contribution in [0, 0.1) is 0 Å². The van der Waals surface area contributed by atoms with Gasteiger partial charge in [-0.3, -0.25) is 4.79 Å². The van der Waals surface area contributed by atoms with E-state index in [2.05, 4.69) is 26.1 Å². The Hall–Kier alpha value is -2.76. The van der Waals surface area contributed by atoms with Crippen molar-refractivity contribution < 1.29 is 14.0 Å². The minimum Gasteiger partial charge on any atom is -0.459 e. The van der Waals surface area contributed by atoms with Gasteiger partial charge in [-0.15, -0.1) is 0 Å². The first-order chi connectivity index (χ1) is 12.3. The Labute approximate surface area is 153 Å². The van der Waals surface area contributed by atoms with Gasteiger partial charge in [-0.05, 0) is 35.2 Å². The number of furan rings is 1. The molecule has 3 rings (SSSR count). The highest BCUT2D eigenvalue weighted by Crippen LogP contribution is 2.23. The fourth-order valence-corrected chi connectivity index (χ4v) is 2.92. The Bertz CT molecular complexity index is 753. The number of urea groups is 1. The number of nitrogens with one attached hydrogen (secondary N) is 1. The lowest BCUT2D eigenvalue weighted by atomic mass is 9.87. The van der Waals surface area contributed by atoms with Crippen LogP contribution in [0.3, 0.4) is 0 Å². The van der Waals surface area contributed by atoms with Gasteiger partial charge in [0.25, 0.3) is 5.91 Å². The molecule has 2 heterocycles. The summed E-state index contributed by atoms with van der Waals surface area (Å²) in [6.45, 7) is 8.46. The van der Waals surface area contributed by atoms with Gasteiger partial charge < -0.3 is 19.5 Å². The molecule has 0 radical (unpaired) electrons. The van der Waals surface area contributed by atoms with E-state index in [0.717, 1.165) is 5.69 Å². The highest BCUT2D eigenvalue weighted by atomic mass is 16.3. The number of amides is 3. The molecule has 0 unspecified atom stereocenters. The van der Waals surface area contributed by atoms with Crippen molar-refractivity contribution in [2.45, 2.75) is 26.2 Å². The first-order valence-electron chi connectivity index (χ1n) is 8.84. The largest absolute Gasteiger partial charge is 0.459 e. The summed E-state index contributed by atoms with van der Waals surface area (Å²) < 4.78 is 5.15. The van der Waals surface area contributed by atoms with Crippen LogP contribution in [0.4, 0.5) is 10.5 Å². The van der Waals surface area contributed by atoms with Crippen molar-refractivity contribution >= 4 is 17.6 Å². The number of piperazine rings is 1. The fourth-order valence-electron chi connectivity index (χ4n) is 2.92. The van der Waals surface area contributed by atoms with Crippen LogP contribution in [0.2, 0.25) is 0 Å². The molecule has 138 valence electrons. The van der Waals surface area contributed by atoms with E-state index >= 15 is 0 Å². The molecule has 0 aliphatic carbocycles. The van der Waals surface area contributed by atoms with Crippen molar-refractivity contribution in [3.05, 3.63) is 54.0 Å². The van der Waals surface area contributed by atoms with Gasteiger partial charge in [0.2, 0.25) is 0 Å². The van der Waals surface area contributed by atoms with Crippen molar-refractivity contribution in [2.75, 3.05) is 31.5 Å². The van der Waals surface area contributed by atoms with Gasteiger partial charge in [0, 0.05) is 31.9 Å². The third-order valence-corrected chi connectivity index (χ3v) is 4.59. The summed E-state index contributed by atoms with van der Waals surface area (Å²) in [6, 6.07) is 11.1. The number of carbonyl (C=O) groups is 2. The first-order valence-corrected chi connectivity index (χ1v) is 8.84. The van der Waals surface area contributed by atoms with Crippen LogP contribution in [0.15, 0.2) is 47.1 Å². The molecule has 2 aromatic rings. The summed E-state index contributed by atoms with van der Waals surface area (Å²) in [4.78, 5) is 28.1. The third-order valence-electron chi connectivity index (χ3n) is 4.59. The van der Waals surface area contributed by atoms with E-state index in [1.807, 2.05) is 24.3 Å². The molecule has 1 aliphatic rings. The Kier molecular flexibility index (Phi) is 5.02. The molecule has 0 atom stereocenters. The number of nitrogens with zero attached hydrogens (tertiary/aromatic N) is 2. The Morgan fingerprint density at radius 2 is 1.58 bits per heavy atom. The van der Waals surface area contributed by atoms with Crippen LogP contribution in [-0.4, -0.2) is 47.9 Å². The lowest BCUT2D eigenvalue weighted by Crippen LogP contribution is -2.51. The summed E-state index contributed by atoms with van der Waals surface area (Å²) in [5, 5.41) is 2.93. The normalized spacial score (nSPS) is 15.0. The van der Waals surface area contributed by atoms with Crippen molar-refractivity contribution in [2.24, 2.45) is 0 Å². The van der Waals surface area contributed by atoms with E-state index in [4.69, 9.17) is 4.42 Å². The van der Waals surface area contributed by atoms with Crippen molar-refractivity contribution in [1.29, 1.82) is 0 Å². The number of benzene rings is 1. The molecule has 1 aromatic heterocycles. The lowest BCUT2D eigenvalue weighted by molar-refractivity contribution is 0.0640. The number of hydrogen-bond donors (Lipinski definition) is 1. The van der Waals surface area contributed by atoms with Gasteiger partial charge in [-0.2, -0.15) is 0 Å². The minimum atomic E-state index is -0.140. The highest BCUT2D eigenvalue weighted by Gasteiger charge is 2.26. The summed E-state index contributed by atoms with van der Waals surface area (Å²) in [6.07, 6.45) is 1.49. The molecular formula is C20H25N3O3. The molecule has 6 heteroatoms. The number of carbonyl (C=O) groups excluding carboxylic acids is 2. The van der Waals surface area contributed by atoms with E-state index in [1.165, 1.54) is 11.8 Å². The zero-order chi connectivity index (χ0) is 18.7. The van der Waals surface area contributed by atoms with Gasteiger partial charge in [-0.25, -0.2) is 4.79 Å². The zero-order valence-electron chi connectivity index (χ0n) is 15.5. The Balaban J connectivity index is 1.53. The van der Waals surface area contributed by atoms with Crippen LogP contribution in [0.1, 0.15) is 36.9 Å². The molecular weight excluding hydrogens is 330 g/mol. The summed E-state index contributed by atoms with van der Waals surface area (Å²) in [5.74, 6) is 0.203. The second kappa shape index (κ2) is 7.23. The summed E-state index contributed by atoms with van der Waals surface area (Å²) in [5.41, 5.74) is 2.08. The molecule has 0 bridgehead atoms. The molecule has 1 aliphatic heterocycles. The third kappa shape index (κ3) is 4.07. The van der Waals surface area contributed by atoms with Crippen molar-refractivity contribution in [3.63, 3.8) is 0 Å². The minimum absolute atomic E-state index is 0.0827. The van der Waals surface area contributed by atoms with E-state index in [1.54, 1.807) is 21.9 Å². The molecule has 1 N–H and O–H groups in total. The second-order valence-corrected chi connectivity index (χ2v) is 7.51. The number of anilines is 1. The van der Waals surface area contributed by atoms with Crippen LogP contribution in [-0.2, 0) is 5.41 Å². The molecule has 3 amide bonds. The monoisotopic (exact) mass is 355 g/mol. The molecule has 6 nitrogen and oxygen atoms in total. The first kappa shape index (κ1) is 18.0. The maximum Gasteiger partial charge on any atom is 0.321 e. The maximum absolute atomic E-state index is 12.4. The van der Waals surface area contributed by atoms with E-state index in [-0.39, 0.29) is 17.4 Å². The van der Waals surface area contributed by atoms with E-state index in [0.29, 0.717) is 31.9 Å². The fraction of sp³-hybridized carbons (Fsp3) is 0.400. The van der Waals surface area contributed by atoms with Crippen molar-refractivity contribution in [3.8, 4) is 0 Å². The average molecular weight is 355 g/mol. The van der Waals surface area contributed by atoms with E-state index < -0.39 is 0 Å². The van der Waals surface area contributed by atoms with E-state index in [9.17, 15) is 9.59 Å². The standard InChI is InChI=1S/C20H25N3O3/c1-20(2,3)15-6-8-16(9-7-15)21-19(25)23-12-10-22(11-13-23)18(24)17-5-4-14-26-17/h4-9,14H,10-13H2,1-3H3,(H,21,25). The summed E-state index contributed by atoms with van der Waals surface area (Å²) in [7, 11) is 0. The zero-order valence-corrected chi connectivity index (χ0v) is 15.5. The van der Waals surface area contributed by atoms with Crippen molar-refractivity contribution in [1.82, 2.24) is 9.80 Å². The molecule has 26 heavy (non-hydrogen) atoms. The maximum atomic E-state index is 12.4. The quantitative estimate of drug-likeness (QED) is 0.896. The SMILES string of the molecule is CC(C)(C)c1ccc(NC(=O)N2CCN(C(=O)c3ccco3)CC2)cc1. The predicted octanol–water partition coefficient (Wildman–Crippen LogP) is 3.57. The summed E-state index contributed by atoms with van der Waals surface area (Å²) >= 11 is 0. The smallest absolute Gasteiger partial charge is 0.321 e. The second-order valence-electron chi connectivity index (χ2n) is 7.51. The topological polar surface area (TPSA) is 65.8 Å². The van der Waals surface area contributed by atoms with Crippen LogP contribution >= 0.6 is 0 Å². The van der Waals surface area contributed by atoms with Crippen LogP contribution < -0.4 is 5.32 Å². The lowest BCUT2D eigenvalue weighted by Gasteiger charge is -2.34. The van der Waals surface area contributed by atoms with Gasteiger partial charge in [-0.1, -0.05) is 32.9 Å². The predicted molar refractivity (Wildman–Crippen MR) is 100 cm³/mol. The Morgan fingerprint density at radius 3 is 2.12 bits per heavy atom. The van der Waals surface area contributed by atoms with Crippen LogP contribution in [0.25, 0.3) is 0 Å². The van der Waals surface area contributed by atoms with Gasteiger partial charge in [0.15, 0.2) is 5.76 Å². The average Bonchev–Trinajstić information content (AvgIpc) is 3.15. The molecule has 1 fully saturated rings. The van der Waals surface area contributed by atoms with Gasteiger partial charge in [0.05, 0.1) is 6.26 Å². The molecule has 1 saturated heterocycles.